The summed E-state index contributed by atoms with van der Waals surface area (Å²) < 4.78 is 0. The first kappa shape index (κ1) is 49.6. The number of benzene rings is 2. The lowest BCUT2D eigenvalue weighted by atomic mass is 9.99. The maximum atomic E-state index is 14.2. The number of H-pyrrole nitrogens is 1. The minimum absolute atomic E-state index is 0.0124. The summed E-state index contributed by atoms with van der Waals surface area (Å²) in [5, 5.41) is 26.8. The van der Waals surface area contributed by atoms with Gasteiger partial charge in [-0.3, -0.25) is 33.8 Å². The lowest BCUT2D eigenvalue weighted by Gasteiger charge is -2.27. The predicted molar refractivity (Wildman–Crippen MR) is 236 cm³/mol. The zero-order valence-corrected chi connectivity index (χ0v) is 36.2. The molecule has 12 N–H and O–H groups in total. The minimum Gasteiger partial charge on any atom is -0.480 e. The van der Waals surface area contributed by atoms with Crippen molar-refractivity contribution in [3.63, 3.8) is 0 Å². The van der Waals surface area contributed by atoms with Gasteiger partial charge in [0.05, 0.1) is 0 Å². The number of hydrogen-bond donors (Lipinski definition) is 10. The van der Waals surface area contributed by atoms with Crippen LogP contribution in [-0.2, 0) is 46.4 Å². The minimum atomic E-state index is -1.35. The number of aliphatic imine (C=N–C) groups is 1. The van der Waals surface area contributed by atoms with Crippen molar-refractivity contribution in [2.24, 2.45) is 28.3 Å². The Morgan fingerprint density at radius 1 is 0.710 bits per heavy atom. The second-order valence-electron chi connectivity index (χ2n) is 16.0. The van der Waals surface area contributed by atoms with Gasteiger partial charge in [0, 0.05) is 43.4 Å². The highest BCUT2D eigenvalue weighted by atomic mass is 16.4. The zero-order valence-electron chi connectivity index (χ0n) is 36.2. The number of carboxylic acid groups (broad SMARTS) is 1. The van der Waals surface area contributed by atoms with Crippen molar-refractivity contribution >= 4 is 58.3 Å². The number of carbonyl (C=O) groups excluding carboxylic acids is 6. The summed E-state index contributed by atoms with van der Waals surface area (Å²) in [5.74, 6) is -5.55. The van der Waals surface area contributed by atoms with Crippen molar-refractivity contribution in [2.75, 3.05) is 6.54 Å². The van der Waals surface area contributed by atoms with Gasteiger partial charge in [-0.2, -0.15) is 0 Å². The molecule has 336 valence electrons. The lowest BCUT2D eigenvalue weighted by molar-refractivity contribution is -0.141. The fourth-order valence-electron chi connectivity index (χ4n) is 6.74. The standard InChI is InChI=1S/C44H62N10O8/c1-7-31(38(56)54-37(43(61)62)23-29-24-48-32-17-12-11-16-30(29)32)50-42(60)36(22-28-14-9-8-10-15-28)53-41(59)35(21-26(4)5)52-39(57)33(18-13-19-47-44(45)46)51-40(58)34(20-25(2)3)49-27(6)55/h7-12,14-17,24-26,33-37,48H,13,18-23H2,1-6H3,(H,49,55)(H,50,60)(H,51,58)(H,52,57)(H,53,59)(H,54,56)(H,61,62)(H4,45,46,47). The molecule has 1 heterocycles. The number of hydrogen-bond acceptors (Lipinski definition) is 8. The van der Waals surface area contributed by atoms with Gasteiger partial charge in [-0.15, -0.1) is 0 Å². The molecule has 6 amide bonds. The second-order valence-corrected chi connectivity index (χ2v) is 16.0. The number of nitrogens with two attached hydrogens (primary N) is 2. The van der Waals surface area contributed by atoms with Gasteiger partial charge in [0.1, 0.15) is 35.9 Å². The molecule has 18 nitrogen and oxygen atoms in total. The maximum absolute atomic E-state index is 14.2. The molecule has 0 radical (unpaired) electrons. The van der Waals surface area contributed by atoms with Crippen LogP contribution in [-0.4, -0.2) is 94.2 Å². The summed E-state index contributed by atoms with van der Waals surface area (Å²) in [6, 6.07) is 10.3. The number of rotatable bonds is 24. The number of para-hydroxylation sites is 1. The summed E-state index contributed by atoms with van der Waals surface area (Å²) in [6.45, 7) is 10.4. The van der Waals surface area contributed by atoms with E-state index in [1.807, 2.05) is 52.0 Å². The molecule has 62 heavy (non-hydrogen) atoms. The molecule has 0 aliphatic heterocycles. The number of aromatic amines is 1. The number of amides is 6. The van der Waals surface area contributed by atoms with Gasteiger partial charge in [-0.25, -0.2) is 4.79 Å². The first-order valence-corrected chi connectivity index (χ1v) is 20.7. The van der Waals surface area contributed by atoms with Crippen LogP contribution >= 0.6 is 0 Å². The Labute approximate surface area is 361 Å². The van der Waals surface area contributed by atoms with Crippen molar-refractivity contribution in [2.45, 2.75) is 110 Å². The van der Waals surface area contributed by atoms with Crippen LogP contribution < -0.4 is 43.4 Å². The molecule has 0 bridgehead atoms. The van der Waals surface area contributed by atoms with E-state index < -0.39 is 71.6 Å². The van der Waals surface area contributed by atoms with E-state index >= 15 is 0 Å². The highest BCUT2D eigenvalue weighted by Crippen LogP contribution is 2.19. The van der Waals surface area contributed by atoms with E-state index in [1.54, 1.807) is 36.5 Å². The third-order valence-electron chi connectivity index (χ3n) is 9.73. The second kappa shape index (κ2) is 24.5. The highest BCUT2D eigenvalue weighted by Gasteiger charge is 2.33. The number of fused-ring (bicyclic) bond motifs is 1. The molecule has 0 aliphatic rings. The number of guanidine groups is 1. The molecular weight excluding hydrogens is 797 g/mol. The van der Waals surface area contributed by atoms with Crippen LogP contribution in [0, 0.1) is 11.8 Å². The van der Waals surface area contributed by atoms with Crippen molar-refractivity contribution < 1.29 is 38.7 Å². The Hall–Kier alpha value is -6.72. The number of aromatic nitrogens is 1. The van der Waals surface area contributed by atoms with Crippen LogP contribution in [0.2, 0.25) is 0 Å². The smallest absolute Gasteiger partial charge is 0.326 e. The molecule has 2 aromatic carbocycles. The molecule has 0 fully saturated rings. The van der Waals surface area contributed by atoms with Crippen molar-refractivity contribution in [1.29, 1.82) is 0 Å². The summed E-state index contributed by atoms with van der Waals surface area (Å²) >= 11 is 0. The van der Waals surface area contributed by atoms with Crippen LogP contribution in [0.15, 0.2) is 77.6 Å². The van der Waals surface area contributed by atoms with Gasteiger partial charge in [0.15, 0.2) is 5.96 Å². The average Bonchev–Trinajstić information content (AvgIpc) is 3.61. The molecule has 0 aliphatic carbocycles. The maximum Gasteiger partial charge on any atom is 0.326 e. The topological polar surface area (TPSA) is 292 Å². The Kier molecular flexibility index (Phi) is 19.6. The van der Waals surface area contributed by atoms with E-state index in [1.165, 1.54) is 19.9 Å². The Balaban J connectivity index is 1.85. The molecule has 5 atom stereocenters. The summed E-state index contributed by atoms with van der Waals surface area (Å²) in [5.41, 5.74) is 12.9. The van der Waals surface area contributed by atoms with Crippen molar-refractivity contribution in [1.82, 2.24) is 36.9 Å². The summed E-state index contributed by atoms with van der Waals surface area (Å²) in [6.07, 6.45) is 3.75. The van der Waals surface area contributed by atoms with Crippen LogP contribution in [0.1, 0.15) is 78.4 Å². The van der Waals surface area contributed by atoms with Crippen molar-refractivity contribution in [3.8, 4) is 0 Å². The first-order chi connectivity index (χ1) is 29.4. The van der Waals surface area contributed by atoms with E-state index in [4.69, 9.17) is 11.5 Å². The van der Waals surface area contributed by atoms with Crippen molar-refractivity contribution in [3.05, 3.63) is 83.7 Å². The fraction of sp³-hybridized carbons (Fsp3) is 0.455. The first-order valence-electron chi connectivity index (χ1n) is 20.7. The van der Waals surface area contributed by atoms with Gasteiger partial charge in [0.2, 0.25) is 29.5 Å². The molecule has 3 aromatic rings. The molecule has 0 spiro atoms. The summed E-state index contributed by atoms with van der Waals surface area (Å²) in [7, 11) is 0. The van der Waals surface area contributed by atoms with Crippen LogP contribution in [0.25, 0.3) is 10.9 Å². The van der Waals surface area contributed by atoms with E-state index in [2.05, 4.69) is 41.9 Å². The average molecular weight is 859 g/mol. The Morgan fingerprint density at radius 3 is 1.85 bits per heavy atom. The SMILES string of the molecule is CC=C(NC(=O)C(Cc1ccccc1)NC(=O)C(CC(C)C)NC(=O)C(CCCN=C(N)N)NC(=O)C(CC(C)C)NC(C)=O)C(=O)NC(Cc1c[nH]c2ccccc12)C(=O)O. The van der Waals surface area contributed by atoms with E-state index in [0.29, 0.717) is 17.5 Å². The number of carbonyl (C=O) groups is 7. The Bertz CT molecular complexity index is 2080. The van der Waals surface area contributed by atoms with Crippen LogP contribution in [0.4, 0.5) is 0 Å². The lowest BCUT2D eigenvalue weighted by Crippen LogP contribution is -2.59. The summed E-state index contributed by atoms with van der Waals surface area (Å²) in [4.78, 5) is 100. The number of aliphatic carboxylic acids is 1. The number of allylic oxidation sites excluding steroid dienone is 1. The molecule has 0 saturated heterocycles. The molecule has 3 rings (SSSR count). The van der Waals surface area contributed by atoms with Crippen LogP contribution in [0.5, 0.6) is 0 Å². The normalized spacial score (nSPS) is 13.8. The molecule has 1 aromatic heterocycles. The zero-order chi connectivity index (χ0) is 45.9. The predicted octanol–water partition coefficient (Wildman–Crippen LogP) is 1.65. The molecular formula is C44H62N10O8. The van der Waals surface area contributed by atoms with Gasteiger partial charge < -0.3 is 53.5 Å². The third-order valence-corrected chi connectivity index (χ3v) is 9.73. The molecule has 0 saturated carbocycles. The molecule has 5 unspecified atom stereocenters. The third kappa shape index (κ3) is 16.4. The quantitative estimate of drug-likeness (QED) is 0.0269. The largest absolute Gasteiger partial charge is 0.480 e. The Morgan fingerprint density at radius 2 is 1.27 bits per heavy atom. The van der Waals surface area contributed by atoms with Crippen LogP contribution in [0.3, 0.4) is 0 Å². The van der Waals surface area contributed by atoms with E-state index in [-0.39, 0.29) is 62.1 Å². The van der Waals surface area contributed by atoms with E-state index in [0.717, 1.165) is 10.9 Å². The van der Waals surface area contributed by atoms with Gasteiger partial charge >= 0.3 is 5.97 Å². The fourth-order valence-corrected chi connectivity index (χ4v) is 6.74. The highest BCUT2D eigenvalue weighted by molar-refractivity contribution is 6.01. The van der Waals surface area contributed by atoms with Gasteiger partial charge in [-0.1, -0.05) is 82.3 Å². The molecule has 18 heteroatoms. The van der Waals surface area contributed by atoms with Gasteiger partial charge in [0.25, 0.3) is 5.91 Å². The number of nitrogens with zero attached hydrogens (tertiary/aromatic N) is 1. The van der Waals surface area contributed by atoms with E-state index in [9.17, 15) is 38.7 Å². The number of carboxylic acids is 1. The van der Waals surface area contributed by atoms with Gasteiger partial charge in [-0.05, 0) is 61.6 Å². The monoisotopic (exact) mass is 858 g/mol. The number of nitrogens with one attached hydrogen (secondary N) is 7.